The second-order valence-corrected chi connectivity index (χ2v) is 6.89. The molecular weight excluding hydrogens is 350 g/mol. The van der Waals surface area contributed by atoms with Crippen molar-refractivity contribution in [3.05, 3.63) is 82.9 Å². The molecule has 6 nitrogen and oxygen atoms in total. The Morgan fingerprint density at radius 1 is 1.04 bits per heavy atom. The Hall–Kier alpha value is -3.28. The minimum atomic E-state index is -0.198. The zero-order valence-corrected chi connectivity index (χ0v) is 16.5. The maximum absolute atomic E-state index is 12.6. The number of benzene rings is 1. The van der Waals surface area contributed by atoms with Crippen LogP contribution in [0.5, 0.6) is 0 Å². The molecule has 0 radical (unpaired) electrons. The molecule has 0 fully saturated rings. The number of carbonyl (C=O) groups excluding carboxylic acids is 1. The topological polar surface area (TPSA) is 71.0 Å². The van der Waals surface area contributed by atoms with Crippen LogP contribution in [0.25, 0.3) is 0 Å². The van der Waals surface area contributed by atoms with Crippen LogP contribution in [0.3, 0.4) is 0 Å². The second-order valence-electron chi connectivity index (χ2n) is 6.89. The van der Waals surface area contributed by atoms with E-state index >= 15 is 0 Å². The molecule has 0 saturated heterocycles. The Kier molecular flexibility index (Phi) is 6.32. The van der Waals surface area contributed by atoms with Crippen LogP contribution < -0.4 is 10.2 Å². The normalized spacial score (nSPS) is 10.5. The van der Waals surface area contributed by atoms with Gasteiger partial charge in [0.1, 0.15) is 5.69 Å². The summed E-state index contributed by atoms with van der Waals surface area (Å²) in [4.78, 5) is 27.5. The molecule has 1 aromatic carbocycles. The van der Waals surface area contributed by atoms with E-state index in [0.29, 0.717) is 18.2 Å². The first-order valence-electron chi connectivity index (χ1n) is 9.31. The van der Waals surface area contributed by atoms with Crippen molar-refractivity contribution in [1.82, 2.24) is 20.3 Å². The lowest BCUT2D eigenvalue weighted by molar-refractivity contribution is 0.0945. The quantitative estimate of drug-likeness (QED) is 0.687. The number of anilines is 1. The second kappa shape index (κ2) is 9.08. The van der Waals surface area contributed by atoms with Crippen molar-refractivity contribution >= 4 is 11.9 Å². The average molecular weight is 375 g/mol. The van der Waals surface area contributed by atoms with E-state index in [2.05, 4.69) is 26.3 Å². The van der Waals surface area contributed by atoms with Gasteiger partial charge in [0.25, 0.3) is 5.91 Å². The van der Waals surface area contributed by atoms with E-state index in [1.54, 1.807) is 18.5 Å². The standard InChI is InChI=1S/C22H25N5O/c1-16-5-4-6-19(13-16)15-24-21(28)20-14-17(2)25-22(26-20)27(3)12-9-18-7-10-23-11-8-18/h4-8,10-11,13-14H,9,12,15H2,1-3H3,(H,24,28). The monoisotopic (exact) mass is 375 g/mol. The highest BCUT2D eigenvalue weighted by molar-refractivity contribution is 5.92. The van der Waals surface area contributed by atoms with Gasteiger partial charge in [0.05, 0.1) is 0 Å². The Bertz CT molecular complexity index is 943. The molecule has 6 heteroatoms. The molecule has 1 N–H and O–H groups in total. The van der Waals surface area contributed by atoms with E-state index in [4.69, 9.17) is 0 Å². The minimum absolute atomic E-state index is 0.198. The van der Waals surface area contributed by atoms with Gasteiger partial charge in [-0.15, -0.1) is 0 Å². The number of hydrogen-bond donors (Lipinski definition) is 1. The highest BCUT2D eigenvalue weighted by atomic mass is 16.1. The van der Waals surface area contributed by atoms with Crippen LogP contribution in [0.15, 0.2) is 54.9 Å². The molecule has 0 saturated carbocycles. The summed E-state index contributed by atoms with van der Waals surface area (Å²) in [7, 11) is 1.93. The van der Waals surface area contributed by atoms with E-state index in [-0.39, 0.29) is 5.91 Å². The van der Waals surface area contributed by atoms with Crippen LogP contribution >= 0.6 is 0 Å². The predicted molar refractivity (Wildman–Crippen MR) is 110 cm³/mol. The Labute approximate surface area is 165 Å². The fraction of sp³-hybridized carbons (Fsp3) is 0.273. The molecule has 3 rings (SSSR count). The summed E-state index contributed by atoms with van der Waals surface area (Å²) in [6.07, 6.45) is 4.43. The first-order chi connectivity index (χ1) is 13.5. The molecule has 2 heterocycles. The molecule has 0 unspecified atom stereocenters. The van der Waals surface area contributed by atoms with Crippen LogP contribution in [0.1, 0.15) is 32.9 Å². The van der Waals surface area contributed by atoms with Crippen LogP contribution in [-0.4, -0.2) is 34.5 Å². The van der Waals surface area contributed by atoms with E-state index in [0.717, 1.165) is 24.2 Å². The number of amides is 1. The van der Waals surface area contributed by atoms with Crippen molar-refractivity contribution in [3.8, 4) is 0 Å². The first kappa shape index (κ1) is 19.5. The fourth-order valence-corrected chi connectivity index (χ4v) is 2.88. The summed E-state index contributed by atoms with van der Waals surface area (Å²) < 4.78 is 0. The third-order valence-corrected chi connectivity index (χ3v) is 4.44. The zero-order chi connectivity index (χ0) is 19.9. The molecule has 0 atom stereocenters. The van der Waals surface area contributed by atoms with Gasteiger partial charge in [-0.25, -0.2) is 9.97 Å². The van der Waals surface area contributed by atoms with Gasteiger partial charge in [-0.1, -0.05) is 29.8 Å². The van der Waals surface area contributed by atoms with Gasteiger partial charge in [-0.2, -0.15) is 0 Å². The van der Waals surface area contributed by atoms with Gasteiger partial charge in [0.2, 0.25) is 5.95 Å². The molecule has 144 valence electrons. The van der Waals surface area contributed by atoms with Crippen LogP contribution in [0.2, 0.25) is 0 Å². The lowest BCUT2D eigenvalue weighted by Crippen LogP contribution is -2.27. The summed E-state index contributed by atoms with van der Waals surface area (Å²) in [6, 6.07) is 13.8. The van der Waals surface area contributed by atoms with Crippen molar-refractivity contribution in [2.24, 2.45) is 0 Å². The molecule has 2 aromatic heterocycles. The van der Waals surface area contributed by atoms with Crippen molar-refractivity contribution in [2.45, 2.75) is 26.8 Å². The number of hydrogen-bond acceptors (Lipinski definition) is 5. The Balaban J connectivity index is 1.65. The number of rotatable bonds is 7. The molecule has 0 aliphatic rings. The van der Waals surface area contributed by atoms with Crippen molar-refractivity contribution in [1.29, 1.82) is 0 Å². The van der Waals surface area contributed by atoms with Gasteiger partial charge in [-0.3, -0.25) is 9.78 Å². The Morgan fingerprint density at radius 2 is 1.82 bits per heavy atom. The molecular formula is C22H25N5O. The summed E-state index contributed by atoms with van der Waals surface area (Å²) in [5, 5.41) is 2.94. The number of carbonyl (C=O) groups is 1. The van der Waals surface area contributed by atoms with Gasteiger partial charge < -0.3 is 10.2 Å². The van der Waals surface area contributed by atoms with E-state index in [1.807, 2.05) is 56.1 Å². The lowest BCUT2D eigenvalue weighted by Gasteiger charge is -2.18. The largest absolute Gasteiger partial charge is 0.347 e. The third kappa shape index (κ3) is 5.36. The molecule has 0 bridgehead atoms. The number of likely N-dealkylation sites (N-methyl/N-ethyl adjacent to an activating group) is 1. The Morgan fingerprint density at radius 3 is 2.57 bits per heavy atom. The van der Waals surface area contributed by atoms with Crippen LogP contribution in [0.4, 0.5) is 5.95 Å². The van der Waals surface area contributed by atoms with Gasteiger partial charge in [-0.05, 0) is 49.6 Å². The van der Waals surface area contributed by atoms with E-state index in [9.17, 15) is 4.79 Å². The number of pyridine rings is 1. The predicted octanol–water partition coefficient (Wildman–Crippen LogP) is 3.10. The van der Waals surface area contributed by atoms with Gasteiger partial charge in [0, 0.05) is 38.2 Å². The number of aryl methyl sites for hydroxylation is 2. The summed E-state index contributed by atoms with van der Waals surface area (Å²) in [5.41, 5.74) is 4.58. The van der Waals surface area contributed by atoms with Gasteiger partial charge >= 0.3 is 0 Å². The molecule has 0 spiro atoms. The fourth-order valence-electron chi connectivity index (χ4n) is 2.88. The first-order valence-corrected chi connectivity index (χ1v) is 9.31. The highest BCUT2D eigenvalue weighted by Gasteiger charge is 2.13. The van der Waals surface area contributed by atoms with Crippen molar-refractivity contribution < 1.29 is 4.79 Å². The third-order valence-electron chi connectivity index (χ3n) is 4.44. The summed E-state index contributed by atoms with van der Waals surface area (Å²) in [6.45, 7) is 5.13. The van der Waals surface area contributed by atoms with Crippen molar-refractivity contribution in [3.63, 3.8) is 0 Å². The molecule has 28 heavy (non-hydrogen) atoms. The summed E-state index contributed by atoms with van der Waals surface area (Å²) >= 11 is 0. The minimum Gasteiger partial charge on any atom is -0.347 e. The lowest BCUT2D eigenvalue weighted by atomic mass is 10.1. The average Bonchev–Trinajstić information content (AvgIpc) is 2.70. The number of nitrogens with one attached hydrogen (secondary N) is 1. The molecule has 0 aliphatic heterocycles. The number of aromatic nitrogens is 3. The SMILES string of the molecule is Cc1cccc(CNC(=O)c2cc(C)nc(N(C)CCc3ccncc3)n2)c1. The van der Waals surface area contributed by atoms with Crippen LogP contribution in [-0.2, 0) is 13.0 Å². The summed E-state index contributed by atoms with van der Waals surface area (Å²) in [5.74, 6) is 0.352. The molecule has 0 aliphatic carbocycles. The van der Waals surface area contributed by atoms with Crippen LogP contribution in [0, 0.1) is 13.8 Å². The van der Waals surface area contributed by atoms with E-state index in [1.165, 1.54) is 11.1 Å². The smallest absolute Gasteiger partial charge is 0.270 e. The maximum atomic E-state index is 12.6. The van der Waals surface area contributed by atoms with Crippen molar-refractivity contribution in [2.75, 3.05) is 18.5 Å². The van der Waals surface area contributed by atoms with Gasteiger partial charge in [0.15, 0.2) is 0 Å². The highest BCUT2D eigenvalue weighted by Crippen LogP contribution is 2.11. The number of nitrogens with zero attached hydrogens (tertiary/aromatic N) is 4. The van der Waals surface area contributed by atoms with E-state index < -0.39 is 0 Å². The maximum Gasteiger partial charge on any atom is 0.270 e. The zero-order valence-electron chi connectivity index (χ0n) is 16.5. The molecule has 3 aromatic rings. The molecule has 1 amide bonds.